The number of nitrogens with zero attached hydrogens (tertiary/aromatic N) is 1. The Morgan fingerprint density at radius 1 is 1.25 bits per heavy atom. The normalized spacial score (nSPS) is 41.8. The molecule has 2 saturated heterocycles. The lowest BCUT2D eigenvalue weighted by molar-refractivity contribution is -0.196. The minimum absolute atomic E-state index is 0.135. The molecule has 2 aliphatic rings. The summed E-state index contributed by atoms with van der Waals surface area (Å²) < 4.78 is 37.6. The highest BCUT2D eigenvalue weighted by molar-refractivity contribution is 5.05. The molecule has 0 radical (unpaired) electrons. The molecule has 2 nitrogen and oxygen atoms in total. The summed E-state index contributed by atoms with van der Waals surface area (Å²) in [5.74, 6) is 0. The van der Waals surface area contributed by atoms with Crippen molar-refractivity contribution in [1.29, 1.82) is 0 Å². The molecule has 1 N–H and O–H groups in total. The summed E-state index contributed by atoms with van der Waals surface area (Å²) in [6.45, 7) is 1.92. The highest BCUT2D eigenvalue weighted by atomic mass is 19.4. The van der Waals surface area contributed by atoms with Gasteiger partial charge in [-0.3, -0.25) is 4.90 Å². The van der Waals surface area contributed by atoms with Gasteiger partial charge in [-0.15, -0.1) is 0 Å². The van der Waals surface area contributed by atoms with Crippen molar-refractivity contribution in [2.75, 3.05) is 26.2 Å². The fourth-order valence-corrected chi connectivity index (χ4v) is 2.01. The molecule has 2 atom stereocenters. The number of alkyl halides is 3. The number of fused-ring (bicyclic) bond motifs is 2. The van der Waals surface area contributed by atoms with Gasteiger partial charge in [-0.25, -0.2) is 0 Å². The van der Waals surface area contributed by atoms with Crippen LogP contribution in [0.25, 0.3) is 0 Å². The van der Waals surface area contributed by atoms with Crippen molar-refractivity contribution in [3.63, 3.8) is 0 Å². The Morgan fingerprint density at radius 2 is 2.00 bits per heavy atom. The van der Waals surface area contributed by atoms with Crippen molar-refractivity contribution in [1.82, 2.24) is 10.2 Å². The minimum atomic E-state index is -4.10. The van der Waals surface area contributed by atoms with Gasteiger partial charge in [0, 0.05) is 26.2 Å². The molecular weight excluding hydrogens is 169 g/mol. The number of hydrogen-bond acceptors (Lipinski definition) is 2. The van der Waals surface area contributed by atoms with E-state index in [4.69, 9.17) is 0 Å². The highest BCUT2D eigenvalue weighted by Crippen LogP contribution is 2.38. The Balaban J connectivity index is 2.21. The number of hydrogen-bond donors (Lipinski definition) is 1. The van der Waals surface area contributed by atoms with E-state index in [0.29, 0.717) is 13.1 Å². The topological polar surface area (TPSA) is 15.3 Å². The molecule has 2 unspecified atom stereocenters. The Hall–Kier alpha value is -0.290. The molecular formula is C7H11F3N2. The molecule has 2 aliphatic heterocycles. The first-order valence-corrected chi connectivity index (χ1v) is 4.08. The van der Waals surface area contributed by atoms with E-state index in [0.717, 1.165) is 6.54 Å². The van der Waals surface area contributed by atoms with Crippen LogP contribution in [0.3, 0.4) is 0 Å². The average molecular weight is 180 g/mol. The van der Waals surface area contributed by atoms with Gasteiger partial charge in [0.1, 0.15) is 5.54 Å². The Labute approximate surface area is 68.7 Å². The number of rotatable bonds is 0. The molecule has 2 bridgehead atoms. The SMILES string of the molecule is FC(F)(F)C12CCN(CCN1)C2. The standard InChI is InChI=1S/C7H11F3N2/c8-7(9,10)6-1-3-12(5-6)4-2-11-6/h11H,1-5H2. The molecule has 2 rings (SSSR count). The van der Waals surface area contributed by atoms with E-state index in [1.54, 1.807) is 0 Å². The van der Waals surface area contributed by atoms with Crippen LogP contribution < -0.4 is 5.32 Å². The van der Waals surface area contributed by atoms with Gasteiger partial charge >= 0.3 is 6.18 Å². The monoisotopic (exact) mass is 180 g/mol. The van der Waals surface area contributed by atoms with Crippen LogP contribution in [0.5, 0.6) is 0 Å². The molecule has 0 aromatic carbocycles. The van der Waals surface area contributed by atoms with E-state index in [1.165, 1.54) is 0 Å². The summed E-state index contributed by atoms with van der Waals surface area (Å²) >= 11 is 0. The minimum Gasteiger partial charge on any atom is -0.301 e. The summed E-state index contributed by atoms with van der Waals surface area (Å²) in [6.07, 6.45) is -3.89. The molecule has 0 aliphatic carbocycles. The molecule has 0 amide bonds. The summed E-state index contributed by atoms with van der Waals surface area (Å²) in [4.78, 5) is 1.87. The van der Waals surface area contributed by atoms with Gasteiger partial charge in [-0.1, -0.05) is 0 Å². The average Bonchev–Trinajstić information content (AvgIpc) is 2.27. The summed E-state index contributed by atoms with van der Waals surface area (Å²) in [7, 11) is 0. The largest absolute Gasteiger partial charge is 0.407 e. The van der Waals surface area contributed by atoms with Crippen LogP contribution in [0.1, 0.15) is 6.42 Å². The van der Waals surface area contributed by atoms with Crippen LogP contribution >= 0.6 is 0 Å². The van der Waals surface area contributed by atoms with E-state index >= 15 is 0 Å². The van der Waals surface area contributed by atoms with Gasteiger partial charge in [0.15, 0.2) is 0 Å². The van der Waals surface area contributed by atoms with Crippen LogP contribution in [-0.2, 0) is 0 Å². The van der Waals surface area contributed by atoms with Gasteiger partial charge < -0.3 is 5.32 Å². The fraction of sp³-hybridized carbons (Fsp3) is 1.00. The highest BCUT2D eigenvalue weighted by Gasteiger charge is 2.58. The van der Waals surface area contributed by atoms with Gasteiger partial charge in [0.2, 0.25) is 0 Å². The van der Waals surface area contributed by atoms with Crippen LogP contribution in [0, 0.1) is 0 Å². The lowest BCUT2D eigenvalue weighted by Crippen LogP contribution is -2.62. The zero-order chi connectivity index (χ0) is 8.82. The third-order valence-corrected chi connectivity index (χ3v) is 2.78. The maximum Gasteiger partial charge on any atom is 0.407 e. The molecule has 12 heavy (non-hydrogen) atoms. The Kier molecular flexibility index (Phi) is 1.63. The first kappa shape index (κ1) is 8.31. The van der Waals surface area contributed by atoms with Crippen molar-refractivity contribution < 1.29 is 13.2 Å². The smallest absolute Gasteiger partial charge is 0.301 e. The molecule has 0 saturated carbocycles. The first-order chi connectivity index (χ1) is 5.54. The molecule has 0 spiro atoms. The third-order valence-electron chi connectivity index (χ3n) is 2.78. The summed E-state index contributed by atoms with van der Waals surface area (Å²) in [5, 5.41) is 2.60. The van der Waals surface area contributed by atoms with E-state index in [-0.39, 0.29) is 13.0 Å². The second-order valence-electron chi connectivity index (χ2n) is 3.53. The fourth-order valence-electron chi connectivity index (χ4n) is 2.01. The predicted molar refractivity (Wildman–Crippen MR) is 37.8 cm³/mol. The quantitative estimate of drug-likeness (QED) is 0.587. The van der Waals surface area contributed by atoms with E-state index in [2.05, 4.69) is 5.32 Å². The second kappa shape index (κ2) is 2.35. The Morgan fingerprint density at radius 3 is 2.58 bits per heavy atom. The lowest BCUT2D eigenvalue weighted by Gasteiger charge is -2.36. The maximum absolute atomic E-state index is 12.5. The van der Waals surface area contributed by atoms with Crippen LogP contribution in [0.15, 0.2) is 0 Å². The van der Waals surface area contributed by atoms with Gasteiger partial charge in [-0.2, -0.15) is 13.2 Å². The van der Waals surface area contributed by atoms with E-state index < -0.39 is 11.7 Å². The zero-order valence-corrected chi connectivity index (χ0v) is 6.62. The van der Waals surface area contributed by atoms with Gasteiger partial charge in [-0.05, 0) is 6.42 Å². The van der Waals surface area contributed by atoms with Crippen LogP contribution in [0.2, 0.25) is 0 Å². The van der Waals surface area contributed by atoms with Gasteiger partial charge in [0.05, 0.1) is 0 Å². The van der Waals surface area contributed by atoms with E-state index in [1.807, 2.05) is 4.90 Å². The molecule has 5 heteroatoms. The molecule has 0 aromatic rings. The molecule has 70 valence electrons. The van der Waals surface area contributed by atoms with Crippen LogP contribution in [0.4, 0.5) is 13.2 Å². The zero-order valence-electron chi connectivity index (χ0n) is 6.62. The number of halogens is 3. The van der Waals surface area contributed by atoms with Crippen molar-refractivity contribution in [2.45, 2.75) is 18.1 Å². The lowest BCUT2D eigenvalue weighted by atomic mass is 9.97. The summed E-state index contributed by atoms with van der Waals surface area (Å²) in [5.41, 5.74) is -1.59. The van der Waals surface area contributed by atoms with Crippen LogP contribution in [-0.4, -0.2) is 42.8 Å². The van der Waals surface area contributed by atoms with Crippen molar-refractivity contribution in [2.24, 2.45) is 0 Å². The third kappa shape index (κ3) is 1.03. The maximum atomic E-state index is 12.5. The van der Waals surface area contributed by atoms with Crippen molar-refractivity contribution in [3.05, 3.63) is 0 Å². The van der Waals surface area contributed by atoms with Crippen molar-refractivity contribution in [3.8, 4) is 0 Å². The predicted octanol–water partition coefficient (Wildman–Crippen LogP) is 0.596. The number of nitrogens with one attached hydrogen (secondary N) is 1. The molecule has 2 heterocycles. The van der Waals surface area contributed by atoms with Gasteiger partial charge in [0.25, 0.3) is 0 Å². The number of piperazine rings is 1. The van der Waals surface area contributed by atoms with E-state index in [9.17, 15) is 13.2 Å². The second-order valence-corrected chi connectivity index (χ2v) is 3.53. The molecule has 0 aromatic heterocycles. The molecule has 2 fully saturated rings. The first-order valence-electron chi connectivity index (χ1n) is 4.08. The Bertz CT molecular complexity index is 188. The van der Waals surface area contributed by atoms with Crippen molar-refractivity contribution >= 4 is 0 Å². The summed E-state index contributed by atoms with van der Waals surface area (Å²) in [6, 6.07) is 0.